The van der Waals surface area contributed by atoms with Gasteiger partial charge in [0.15, 0.2) is 0 Å². The maximum atomic E-state index is 10.9. The second-order valence-corrected chi connectivity index (χ2v) is 8.20. The lowest BCUT2D eigenvalue weighted by molar-refractivity contribution is -0.384. The number of nitro groups is 1. The second kappa shape index (κ2) is 9.45. The van der Waals surface area contributed by atoms with Crippen LogP contribution in [0.5, 0.6) is 0 Å². The second-order valence-electron chi connectivity index (χ2n) is 7.36. The summed E-state index contributed by atoms with van der Waals surface area (Å²) in [6.07, 6.45) is 1.80. The Morgan fingerprint density at radius 3 is 2.43 bits per heavy atom. The van der Waals surface area contributed by atoms with Crippen molar-refractivity contribution >= 4 is 23.2 Å². The number of benzene rings is 2. The van der Waals surface area contributed by atoms with Gasteiger partial charge < -0.3 is 0 Å². The normalized spacial score (nSPS) is 12.1. The topological polar surface area (TPSA) is 72.8 Å². The molecule has 2 aromatic carbocycles. The highest BCUT2D eigenvalue weighted by Gasteiger charge is 2.10. The van der Waals surface area contributed by atoms with Gasteiger partial charge in [-0.3, -0.25) is 15.1 Å². The highest BCUT2D eigenvalue weighted by Crippen LogP contribution is 2.23. The van der Waals surface area contributed by atoms with Crippen LogP contribution in [0.3, 0.4) is 0 Å². The zero-order valence-electron chi connectivity index (χ0n) is 17.3. The van der Waals surface area contributed by atoms with E-state index in [1.165, 1.54) is 29.0 Å². The minimum atomic E-state index is -0.405. The van der Waals surface area contributed by atoms with Crippen molar-refractivity contribution in [2.45, 2.75) is 26.7 Å². The Kier molecular flexibility index (Phi) is 6.74. The van der Waals surface area contributed by atoms with Gasteiger partial charge in [0.1, 0.15) is 0 Å². The Balaban J connectivity index is 2.01. The number of aromatic nitrogens is 1. The van der Waals surface area contributed by atoms with Crippen molar-refractivity contribution in [1.29, 1.82) is 0 Å². The summed E-state index contributed by atoms with van der Waals surface area (Å²) >= 11 is 1.47. The summed E-state index contributed by atoms with van der Waals surface area (Å²) in [7, 11) is 0. The fourth-order valence-electron chi connectivity index (χ4n) is 2.77. The van der Waals surface area contributed by atoms with Crippen molar-refractivity contribution in [3.8, 4) is 11.3 Å². The monoisotopic (exact) mass is 420 g/mol. The number of nitro benzene ring substituents is 1. The molecule has 0 aliphatic rings. The molecule has 1 heterocycles. The van der Waals surface area contributed by atoms with Gasteiger partial charge in [0.05, 0.1) is 23.4 Å². The van der Waals surface area contributed by atoms with Gasteiger partial charge in [-0.15, -0.1) is 11.3 Å². The Morgan fingerprint density at radius 1 is 1.20 bits per heavy atom. The minimum Gasteiger partial charge on any atom is -0.258 e. The SMILES string of the molecule is C=C(C)CN=c1scc(-c2ccc([N+](=O)[O-])cc2)n1N=Cc1ccc(C(C)C)cc1. The van der Waals surface area contributed by atoms with Crippen molar-refractivity contribution in [3.63, 3.8) is 0 Å². The van der Waals surface area contributed by atoms with Gasteiger partial charge in [-0.1, -0.05) is 50.3 Å². The third kappa shape index (κ3) is 5.18. The van der Waals surface area contributed by atoms with Crippen LogP contribution < -0.4 is 4.80 Å². The highest BCUT2D eigenvalue weighted by molar-refractivity contribution is 7.07. The molecule has 0 aliphatic heterocycles. The summed E-state index contributed by atoms with van der Waals surface area (Å²) in [4.78, 5) is 15.9. The molecule has 0 saturated carbocycles. The molecular formula is C23H24N4O2S. The average Bonchev–Trinajstić information content (AvgIpc) is 3.13. The molecule has 0 N–H and O–H groups in total. The highest BCUT2D eigenvalue weighted by atomic mass is 32.1. The predicted octanol–water partition coefficient (Wildman–Crippen LogP) is 5.61. The first-order valence-corrected chi connectivity index (χ1v) is 10.5. The summed E-state index contributed by atoms with van der Waals surface area (Å²) in [5, 5.41) is 17.6. The van der Waals surface area contributed by atoms with Crippen LogP contribution in [0.15, 0.2) is 76.2 Å². The van der Waals surface area contributed by atoms with Gasteiger partial charge in [0.2, 0.25) is 4.80 Å². The van der Waals surface area contributed by atoms with Gasteiger partial charge in [-0.25, -0.2) is 4.68 Å². The first-order valence-electron chi connectivity index (χ1n) is 9.59. The molecule has 0 saturated heterocycles. The average molecular weight is 421 g/mol. The van der Waals surface area contributed by atoms with Crippen molar-refractivity contribution < 1.29 is 4.92 Å². The molecule has 3 aromatic rings. The third-order valence-electron chi connectivity index (χ3n) is 4.47. The Morgan fingerprint density at radius 2 is 1.87 bits per heavy atom. The van der Waals surface area contributed by atoms with E-state index in [1.807, 2.05) is 24.4 Å². The molecule has 0 bridgehead atoms. The zero-order chi connectivity index (χ0) is 21.7. The molecule has 7 heteroatoms. The lowest BCUT2D eigenvalue weighted by atomic mass is 10.0. The van der Waals surface area contributed by atoms with Crippen molar-refractivity contribution in [2.75, 3.05) is 6.54 Å². The molecule has 0 fully saturated rings. The van der Waals surface area contributed by atoms with E-state index in [-0.39, 0.29) is 5.69 Å². The van der Waals surface area contributed by atoms with Crippen LogP contribution in [0.4, 0.5) is 5.69 Å². The fraction of sp³-hybridized carbons (Fsp3) is 0.217. The first-order chi connectivity index (χ1) is 14.3. The first kappa shape index (κ1) is 21.4. The maximum absolute atomic E-state index is 10.9. The quantitative estimate of drug-likeness (QED) is 0.216. The van der Waals surface area contributed by atoms with Crippen molar-refractivity contribution in [1.82, 2.24) is 4.68 Å². The van der Waals surface area contributed by atoms with E-state index >= 15 is 0 Å². The van der Waals surface area contributed by atoms with Crippen molar-refractivity contribution in [3.05, 3.63) is 92.1 Å². The lowest BCUT2D eigenvalue weighted by Gasteiger charge is -2.05. The van der Waals surface area contributed by atoms with E-state index < -0.39 is 4.92 Å². The summed E-state index contributed by atoms with van der Waals surface area (Å²) in [5.41, 5.74) is 4.94. The van der Waals surface area contributed by atoms with E-state index in [0.717, 1.165) is 27.2 Å². The van der Waals surface area contributed by atoms with E-state index in [1.54, 1.807) is 23.0 Å². The summed E-state index contributed by atoms with van der Waals surface area (Å²) < 4.78 is 1.77. The zero-order valence-corrected chi connectivity index (χ0v) is 18.1. The third-order valence-corrected chi connectivity index (χ3v) is 5.32. The lowest BCUT2D eigenvalue weighted by Crippen LogP contribution is -2.13. The molecular weight excluding hydrogens is 396 g/mol. The van der Waals surface area contributed by atoms with Crippen LogP contribution in [0.2, 0.25) is 0 Å². The largest absolute Gasteiger partial charge is 0.269 e. The van der Waals surface area contributed by atoms with Gasteiger partial charge in [0.25, 0.3) is 5.69 Å². The molecule has 0 amide bonds. The van der Waals surface area contributed by atoms with Crippen LogP contribution >= 0.6 is 11.3 Å². The molecule has 0 atom stereocenters. The Labute approximate surface area is 179 Å². The van der Waals surface area contributed by atoms with Crippen LogP contribution in [-0.2, 0) is 0 Å². The molecule has 0 spiro atoms. The van der Waals surface area contributed by atoms with Crippen molar-refractivity contribution in [2.24, 2.45) is 10.1 Å². The van der Waals surface area contributed by atoms with E-state index in [9.17, 15) is 10.1 Å². The smallest absolute Gasteiger partial charge is 0.258 e. The summed E-state index contributed by atoms with van der Waals surface area (Å²) in [6.45, 7) is 10.7. The van der Waals surface area contributed by atoms with E-state index in [0.29, 0.717) is 12.5 Å². The van der Waals surface area contributed by atoms with Gasteiger partial charge >= 0.3 is 0 Å². The number of hydrogen-bond acceptors (Lipinski definition) is 5. The molecule has 0 unspecified atom stereocenters. The number of hydrogen-bond donors (Lipinski definition) is 0. The minimum absolute atomic E-state index is 0.0569. The molecule has 6 nitrogen and oxygen atoms in total. The molecule has 1 aromatic heterocycles. The van der Waals surface area contributed by atoms with Crippen LogP contribution in [-0.4, -0.2) is 22.4 Å². The van der Waals surface area contributed by atoms with Gasteiger partial charge in [-0.2, -0.15) is 5.10 Å². The van der Waals surface area contributed by atoms with Crippen LogP contribution in [0.1, 0.15) is 37.8 Å². The summed E-state index contributed by atoms with van der Waals surface area (Å²) in [5.74, 6) is 0.475. The molecule has 30 heavy (non-hydrogen) atoms. The fourth-order valence-corrected chi connectivity index (χ4v) is 3.60. The van der Waals surface area contributed by atoms with Crippen LogP contribution in [0, 0.1) is 10.1 Å². The number of nitrogens with zero attached hydrogens (tertiary/aromatic N) is 4. The summed E-state index contributed by atoms with van der Waals surface area (Å²) in [6, 6.07) is 14.7. The number of non-ortho nitro benzene ring substituents is 1. The number of rotatable bonds is 7. The van der Waals surface area contributed by atoms with Gasteiger partial charge in [-0.05, 0) is 36.1 Å². The Bertz CT molecular complexity index is 1140. The van der Waals surface area contributed by atoms with E-state index in [4.69, 9.17) is 0 Å². The Hall–Kier alpha value is -3.32. The molecule has 154 valence electrons. The molecule has 0 radical (unpaired) electrons. The predicted molar refractivity (Wildman–Crippen MR) is 123 cm³/mol. The standard InChI is InChI=1S/C23H24N4O2S/c1-16(2)13-24-23-26(25-14-18-5-7-19(8-6-18)17(3)4)22(15-30-23)20-9-11-21(12-10-20)27(28)29/h5-12,14-15,17H,1,13H2,2-4H3. The molecule has 3 rings (SSSR count). The number of thiazole rings is 1. The van der Waals surface area contributed by atoms with Gasteiger partial charge in [0, 0.05) is 23.1 Å². The van der Waals surface area contributed by atoms with E-state index in [2.05, 4.69) is 42.7 Å². The maximum Gasteiger partial charge on any atom is 0.269 e. The van der Waals surface area contributed by atoms with Crippen LogP contribution in [0.25, 0.3) is 11.3 Å². The molecule has 0 aliphatic carbocycles.